The molecule has 0 saturated heterocycles. The highest BCUT2D eigenvalue weighted by Crippen LogP contribution is 2.20. The molecule has 0 heterocycles. The largest absolute Gasteiger partial charge is 0.480 e. The SMILES string of the molecule is CCCC[C@@H](C)[C@@H](CC(=O)N[C@@H](Cc1ccccc1)C(=O)N[C@@H](C)C(=O)O)OC(=O)[C@H](N)[C@@H](C)CC. The summed E-state index contributed by atoms with van der Waals surface area (Å²) in [7, 11) is 0. The van der Waals surface area contributed by atoms with Gasteiger partial charge in [-0.1, -0.05) is 77.3 Å². The number of nitrogens with two attached hydrogens (primary N) is 1. The minimum atomic E-state index is -1.18. The number of carbonyl (C=O) groups excluding carboxylic acids is 3. The summed E-state index contributed by atoms with van der Waals surface area (Å²) in [4.78, 5) is 49.8. The van der Waals surface area contributed by atoms with E-state index in [9.17, 15) is 19.2 Å². The van der Waals surface area contributed by atoms with E-state index in [0.29, 0.717) is 0 Å². The molecule has 0 aromatic heterocycles. The monoisotopic (exact) mass is 505 g/mol. The van der Waals surface area contributed by atoms with E-state index in [0.717, 1.165) is 31.2 Å². The first kappa shape index (κ1) is 31.1. The summed E-state index contributed by atoms with van der Waals surface area (Å²) in [5.41, 5.74) is 6.86. The lowest BCUT2D eigenvalue weighted by atomic mass is 9.94. The van der Waals surface area contributed by atoms with Gasteiger partial charge in [-0.25, -0.2) is 0 Å². The topological polar surface area (TPSA) is 148 Å². The molecule has 202 valence electrons. The molecule has 9 heteroatoms. The van der Waals surface area contributed by atoms with Crippen LogP contribution in [0.3, 0.4) is 0 Å². The molecule has 0 saturated carbocycles. The van der Waals surface area contributed by atoms with Gasteiger partial charge in [0, 0.05) is 6.42 Å². The van der Waals surface area contributed by atoms with Crippen molar-refractivity contribution in [1.82, 2.24) is 10.6 Å². The molecule has 0 bridgehead atoms. The fourth-order valence-corrected chi connectivity index (χ4v) is 3.66. The van der Waals surface area contributed by atoms with Crippen molar-refractivity contribution in [3.05, 3.63) is 35.9 Å². The Labute approximate surface area is 214 Å². The number of carboxylic acid groups (broad SMARTS) is 1. The summed E-state index contributed by atoms with van der Waals surface area (Å²) < 4.78 is 5.72. The van der Waals surface area contributed by atoms with Crippen LogP contribution >= 0.6 is 0 Å². The molecule has 0 unspecified atom stereocenters. The van der Waals surface area contributed by atoms with Gasteiger partial charge >= 0.3 is 11.9 Å². The molecule has 1 aromatic carbocycles. The van der Waals surface area contributed by atoms with Gasteiger partial charge in [-0.3, -0.25) is 19.2 Å². The van der Waals surface area contributed by atoms with Crippen LogP contribution in [0.25, 0.3) is 0 Å². The van der Waals surface area contributed by atoms with E-state index >= 15 is 0 Å². The molecular weight excluding hydrogens is 462 g/mol. The third kappa shape index (κ3) is 10.8. The Bertz CT molecular complexity index is 847. The average Bonchev–Trinajstić information content (AvgIpc) is 2.85. The summed E-state index contributed by atoms with van der Waals surface area (Å²) in [6, 6.07) is 6.22. The number of carboxylic acids is 1. The van der Waals surface area contributed by atoms with Gasteiger partial charge in [0.1, 0.15) is 24.2 Å². The van der Waals surface area contributed by atoms with E-state index in [1.165, 1.54) is 6.92 Å². The van der Waals surface area contributed by atoms with Crippen LogP contribution in [0.4, 0.5) is 0 Å². The van der Waals surface area contributed by atoms with E-state index in [2.05, 4.69) is 17.6 Å². The van der Waals surface area contributed by atoms with Gasteiger partial charge in [-0.15, -0.1) is 0 Å². The predicted octanol–water partition coefficient (Wildman–Crippen LogP) is 2.80. The first-order chi connectivity index (χ1) is 17.0. The molecule has 1 aromatic rings. The Kier molecular flexibility index (Phi) is 13.8. The number of aliphatic carboxylic acids is 1. The normalized spacial score (nSPS) is 16.1. The van der Waals surface area contributed by atoms with Crippen molar-refractivity contribution in [2.45, 2.75) is 97.4 Å². The van der Waals surface area contributed by atoms with Crippen molar-refractivity contribution < 1.29 is 29.0 Å². The molecule has 0 aliphatic rings. The lowest BCUT2D eigenvalue weighted by Gasteiger charge is -2.27. The Morgan fingerprint density at radius 3 is 2.19 bits per heavy atom. The summed E-state index contributed by atoms with van der Waals surface area (Å²) in [6.45, 7) is 9.16. The van der Waals surface area contributed by atoms with E-state index < -0.39 is 48.0 Å². The average molecular weight is 506 g/mol. The molecule has 36 heavy (non-hydrogen) atoms. The van der Waals surface area contributed by atoms with Crippen LogP contribution in [-0.2, 0) is 30.3 Å². The number of nitrogens with one attached hydrogen (secondary N) is 2. The van der Waals surface area contributed by atoms with Crippen LogP contribution in [0.1, 0.15) is 72.3 Å². The van der Waals surface area contributed by atoms with Crippen molar-refractivity contribution >= 4 is 23.8 Å². The number of hydrogen-bond donors (Lipinski definition) is 4. The van der Waals surface area contributed by atoms with Crippen LogP contribution in [-0.4, -0.2) is 53.1 Å². The molecule has 0 aliphatic heterocycles. The van der Waals surface area contributed by atoms with Crippen molar-refractivity contribution in [3.63, 3.8) is 0 Å². The van der Waals surface area contributed by atoms with Gasteiger partial charge in [0.05, 0.1) is 6.42 Å². The van der Waals surface area contributed by atoms with E-state index in [1.54, 1.807) is 0 Å². The van der Waals surface area contributed by atoms with Gasteiger partial charge in [-0.2, -0.15) is 0 Å². The highest BCUT2D eigenvalue weighted by Gasteiger charge is 2.31. The predicted molar refractivity (Wildman–Crippen MR) is 138 cm³/mol. The number of amides is 2. The zero-order valence-electron chi connectivity index (χ0n) is 22.2. The Morgan fingerprint density at radius 1 is 1.00 bits per heavy atom. The van der Waals surface area contributed by atoms with Crippen LogP contribution in [0, 0.1) is 11.8 Å². The third-order valence-electron chi connectivity index (χ3n) is 6.49. The zero-order valence-corrected chi connectivity index (χ0v) is 22.2. The number of unbranched alkanes of at least 4 members (excludes halogenated alkanes) is 1. The molecule has 5 N–H and O–H groups in total. The van der Waals surface area contributed by atoms with Gasteiger partial charge in [0.2, 0.25) is 11.8 Å². The standard InChI is InChI=1S/C27H43N3O6/c1-6-8-12-18(4)22(36-27(35)24(28)17(3)7-2)16-23(31)30-21(15-20-13-10-9-11-14-20)25(32)29-19(5)26(33)34/h9-11,13-14,17-19,21-22,24H,6-8,12,15-16,28H2,1-5H3,(H,29,32)(H,30,31)(H,33,34)/t17-,18+,19-,21-,22+,24+/m0/s1. The van der Waals surface area contributed by atoms with Crippen molar-refractivity contribution in [2.24, 2.45) is 17.6 Å². The maximum Gasteiger partial charge on any atom is 0.325 e. The lowest BCUT2D eigenvalue weighted by Crippen LogP contribution is -2.52. The second-order valence-corrected chi connectivity index (χ2v) is 9.59. The second kappa shape index (κ2) is 15.9. The molecule has 0 radical (unpaired) electrons. The maximum absolute atomic E-state index is 13.1. The highest BCUT2D eigenvalue weighted by molar-refractivity contribution is 5.90. The smallest absolute Gasteiger partial charge is 0.325 e. The van der Waals surface area contributed by atoms with Crippen LogP contribution in [0.15, 0.2) is 30.3 Å². The fraction of sp³-hybridized carbons (Fsp3) is 0.630. The van der Waals surface area contributed by atoms with Crippen LogP contribution in [0.2, 0.25) is 0 Å². The second-order valence-electron chi connectivity index (χ2n) is 9.59. The maximum atomic E-state index is 13.1. The first-order valence-electron chi connectivity index (χ1n) is 12.8. The summed E-state index contributed by atoms with van der Waals surface area (Å²) in [5, 5.41) is 14.3. The van der Waals surface area contributed by atoms with E-state index in [-0.39, 0.29) is 24.7 Å². The van der Waals surface area contributed by atoms with E-state index in [1.807, 2.05) is 51.1 Å². The van der Waals surface area contributed by atoms with Crippen molar-refractivity contribution in [2.75, 3.05) is 0 Å². The molecule has 9 nitrogen and oxygen atoms in total. The van der Waals surface area contributed by atoms with Gasteiger partial charge in [0.25, 0.3) is 0 Å². The minimum Gasteiger partial charge on any atom is -0.480 e. The Balaban J connectivity index is 3.02. The van der Waals surface area contributed by atoms with Gasteiger partial charge in [0.15, 0.2) is 0 Å². The van der Waals surface area contributed by atoms with Crippen molar-refractivity contribution in [3.8, 4) is 0 Å². The lowest BCUT2D eigenvalue weighted by molar-refractivity contribution is -0.156. The molecule has 0 aliphatic carbocycles. The fourth-order valence-electron chi connectivity index (χ4n) is 3.66. The molecule has 0 spiro atoms. The Hall–Kier alpha value is -2.94. The number of hydrogen-bond acceptors (Lipinski definition) is 6. The summed E-state index contributed by atoms with van der Waals surface area (Å²) in [6.07, 6.45) is 2.72. The number of benzene rings is 1. The summed E-state index contributed by atoms with van der Waals surface area (Å²) in [5.74, 6) is -2.94. The summed E-state index contributed by atoms with van der Waals surface area (Å²) >= 11 is 0. The number of esters is 1. The molecule has 0 fully saturated rings. The Morgan fingerprint density at radius 2 is 1.64 bits per heavy atom. The third-order valence-corrected chi connectivity index (χ3v) is 6.49. The molecule has 2 amide bonds. The van der Waals surface area contributed by atoms with E-state index in [4.69, 9.17) is 15.6 Å². The number of carbonyl (C=O) groups is 4. The molecule has 6 atom stereocenters. The van der Waals surface area contributed by atoms with Crippen LogP contribution < -0.4 is 16.4 Å². The van der Waals surface area contributed by atoms with Gasteiger partial charge < -0.3 is 26.2 Å². The van der Waals surface area contributed by atoms with Crippen LogP contribution in [0.5, 0.6) is 0 Å². The first-order valence-corrected chi connectivity index (χ1v) is 12.8. The van der Waals surface area contributed by atoms with Gasteiger partial charge in [-0.05, 0) is 30.7 Å². The quantitative estimate of drug-likeness (QED) is 0.253. The molecule has 1 rings (SSSR count). The zero-order chi connectivity index (χ0) is 27.3. The minimum absolute atomic E-state index is 0.0619. The highest BCUT2D eigenvalue weighted by atomic mass is 16.5. The molecular formula is C27H43N3O6. The number of rotatable bonds is 16. The number of ether oxygens (including phenoxy) is 1. The van der Waals surface area contributed by atoms with Crippen molar-refractivity contribution in [1.29, 1.82) is 0 Å².